The number of carboxylic acid groups (broad SMARTS) is 2. The van der Waals surface area contributed by atoms with Crippen LogP contribution in [-0.4, -0.2) is 66.4 Å². The van der Waals surface area contributed by atoms with Crippen molar-refractivity contribution in [1.82, 2.24) is 10.6 Å². The largest absolute Gasteiger partial charge is 0.489 e. The van der Waals surface area contributed by atoms with Gasteiger partial charge in [-0.05, 0) is 56.8 Å². The minimum atomic E-state index is -1.16. The molecule has 4 N–H and O–H groups in total. The van der Waals surface area contributed by atoms with Crippen molar-refractivity contribution in [2.75, 3.05) is 31.1 Å². The van der Waals surface area contributed by atoms with E-state index in [9.17, 15) is 24.6 Å². The summed E-state index contributed by atoms with van der Waals surface area (Å²) < 4.78 is 5.70. The molecule has 1 fully saturated rings. The normalized spacial score (nSPS) is 21.0. The molecule has 29 heavy (non-hydrogen) atoms. The van der Waals surface area contributed by atoms with Crippen LogP contribution in [0.3, 0.4) is 0 Å². The third-order valence-corrected chi connectivity index (χ3v) is 5.44. The van der Waals surface area contributed by atoms with Gasteiger partial charge < -0.3 is 20.3 Å². The van der Waals surface area contributed by atoms with Crippen LogP contribution in [0.1, 0.15) is 25.7 Å². The van der Waals surface area contributed by atoms with Gasteiger partial charge in [0.2, 0.25) is 5.91 Å². The van der Waals surface area contributed by atoms with Crippen molar-refractivity contribution >= 4 is 23.5 Å². The molecule has 0 aromatic heterocycles. The fraction of sp³-hybridized carbons (Fsp3) is 0.550. The van der Waals surface area contributed by atoms with Gasteiger partial charge in [-0.2, -0.15) is 0 Å². The zero-order valence-corrected chi connectivity index (χ0v) is 16.2. The second-order valence-corrected chi connectivity index (χ2v) is 7.48. The van der Waals surface area contributed by atoms with Gasteiger partial charge in [-0.1, -0.05) is 12.1 Å². The molecule has 2 aliphatic rings. The summed E-state index contributed by atoms with van der Waals surface area (Å²) in [5.41, 5.74) is 0.366. The number of rotatable bonds is 8. The first kappa shape index (κ1) is 21.1. The molecular formula is C20H27N3O6. The lowest BCUT2D eigenvalue weighted by atomic mass is 9.91. The Bertz CT molecular complexity index is 749. The van der Waals surface area contributed by atoms with Gasteiger partial charge in [-0.15, -0.1) is 0 Å². The van der Waals surface area contributed by atoms with Gasteiger partial charge in [0.05, 0.1) is 5.69 Å². The van der Waals surface area contributed by atoms with Gasteiger partial charge in [0.25, 0.3) is 0 Å². The van der Waals surface area contributed by atoms with Gasteiger partial charge in [-0.25, -0.2) is 0 Å². The van der Waals surface area contributed by atoms with E-state index in [0.29, 0.717) is 23.8 Å². The van der Waals surface area contributed by atoms with Crippen molar-refractivity contribution in [3.63, 3.8) is 0 Å². The number of anilines is 1. The highest BCUT2D eigenvalue weighted by atomic mass is 16.5. The van der Waals surface area contributed by atoms with Crippen LogP contribution in [0.4, 0.5) is 5.69 Å². The number of fused-ring (bicyclic) bond motifs is 1. The Morgan fingerprint density at radius 3 is 2.66 bits per heavy atom. The van der Waals surface area contributed by atoms with Crippen molar-refractivity contribution in [3.8, 4) is 5.75 Å². The van der Waals surface area contributed by atoms with Crippen LogP contribution in [0.5, 0.6) is 5.75 Å². The topological polar surface area (TPSA) is 128 Å². The van der Waals surface area contributed by atoms with E-state index < -0.39 is 36.5 Å². The second-order valence-electron chi connectivity index (χ2n) is 7.48. The summed E-state index contributed by atoms with van der Waals surface area (Å²) in [5, 5.41) is 25.1. The third kappa shape index (κ3) is 5.45. The highest BCUT2D eigenvalue weighted by molar-refractivity contribution is 6.02. The maximum atomic E-state index is 13.0. The van der Waals surface area contributed by atoms with Crippen molar-refractivity contribution in [2.45, 2.75) is 37.8 Å². The number of hydrogen-bond donors (Lipinski definition) is 4. The van der Waals surface area contributed by atoms with E-state index >= 15 is 0 Å². The number of ether oxygens (including phenoxy) is 1. The molecule has 0 radical (unpaired) electrons. The SMILES string of the molecule is O=C(O)CN1C(=O)[C@@H](N[C@@H](CCC2CCNCC2)C(=O)O)COc2ccccc21. The van der Waals surface area contributed by atoms with Crippen LogP contribution in [-0.2, 0) is 14.4 Å². The molecule has 1 saturated heterocycles. The van der Waals surface area contributed by atoms with Gasteiger partial charge in [0.1, 0.15) is 31.0 Å². The Hall–Kier alpha value is -2.65. The Kier molecular flexibility index (Phi) is 7.05. The summed E-state index contributed by atoms with van der Waals surface area (Å²) in [6.07, 6.45) is 3.18. The number of aliphatic carboxylic acids is 2. The first-order chi connectivity index (χ1) is 14.0. The number of amides is 1. The van der Waals surface area contributed by atoms with Crippen LogP contribution in [0, 0.1) is 5.92 Å². The molecular weight excluding hydrogens is 378 g/mol. The number of piperidine rings is 1. The summed E-state index contributed by atoms with van der Waals surface area (Å²) in [5.74, 6) is -1.83. The zero-order valence-electron chi connectivity index (χ0n) is 16.2. The Morgan fingerprint density at radius 1 is 1.24 bits per heavy atom. The van der Waals surface area contributed by atoms with E-state index in [-0.39, 0.29) is 6.61 Å². The molecule has 2 atom stereocenters. The quantitative estimate of drug-likeness (QED) is 0.497. The highest BCUT2D eigenvalue weighted by Crippen LogP contribution is 2.31. The van der Waals surface area contributed by atoms with E-state index in [4.69, 9.17) is 4.74 Å². The molecule has 1 aromatic carbocycles. The molecule has 1 aromatic rings. The van der Waals surface area contributed by atoms with Crippen LogP contribution in [0.25, 0.3) is 0 Å². The summed E-state index contributed by atoms with van der Waals surface area (Å²) in [6, 6.07) is 4.84. The second kappa shape index (κ2) is 9.71. The van der Waals surface area contributed by atoms with E-state index in [1.54, 1.807) is 24.3 Å². The maximum Gasteiger partial charge on any atom is 0.323 e. The number of carbonyl (C=O) groups excluding carboxylic acids is 1. The number of hydrogen-bond acceptors (Lipinski definition) is 6. The Morgan fingerprint density at radius 2 is 1.97 bits per heavy atom. The molecule has 0 aliphatic carbocycles. The molecule has 9 heteroatoms. The number of nitrogens with one attached hydrogen (secondary N) is 2. The fourth-order valence-electron chi connectivity index (χ4n) is 3.86. The van der Waals surface area contributed by atoms with E-state index in [2.05, 4.69) is 10.6 Å². The van der Waals surface area contributed by atoms with E-state index in [1.165, 1.54) is 0 Å². The van der Waals surface area contributed by atoms with Gasteiger partial charge in [-0.3, -0.25) is 24.6 Å². The highest BCUT2D eigenvalue weighted by Gasteiger charge is 2.35. The maximum absolute atomic E-state index is 13.0. The Labute approximate surface area is 169 Å². The van der Waals surface area contributed by atoms with E-state index in [1.807, 2.05) is 0 Å². The predicted octanol–water partition coefficient (Wildman–Crippen LogP) is 0.688. The average molecular weight is 405 g/mol. The van der Waals surface area contributed by atoms with Crippen molar-refractivity contribution in [1.29, 1.82) is 0 Å². The fourth-order valence-corrected chi connectivity index (χ4v) is 3.86. The van der Waals surface area contributed by atoms with E-state index in [0.717, 1.165) is 37.3 Å². The summed E-state index contributed by atoms with van der Waals surface area (Å²) in [7, 11) is 0. The minimum Gasteiger partial charge on any atom is -0.489 e. The molecule has 1 amide bonds. The molecule has 158 valence electrons. The average Bonchev–Trinajstić information content (AvgIpc) is 2.83. The predicted molar refractivity (Wildman–Crippen MR) is 105 cm³/mol. The number of carboxylic acids is 2. The number of benzene rings is 1. The van der Waals surface area contributed by atoms with Crippen LogP contribution < -0.4 is 20.3 Å². The number of carbonyl (C=O) groups is 3. The van der Waals surface area contributed by atoms with Crippen LogP contribution >= 0.6 is 0 Å². The van der Waals surface area contributed by atoms with Crippen molar-refractivity contribution in [2.24, 2.45) is 5.92 Å². The molecule has 0 spiro atoms. The van der Waals surface area contributed by atoms with Gasteiger partial charge in [0.15, 0.2) is 0 Å². The standard InChI is InChI=1S/C20H27N3O6/c24-18(25)11-23-16-3-1-2-4-17(16)29-12-15(19(23)26)22-14(20(27)28)6-5-13-7-9-21-10-8-13/h1-4,13-15,21-22H,5-12H2,(H,24,25)(H,27,28)/t14-,15-/m0/s1. The molecule has 0 saturated carbocycles. The Balaban J connectivity index is 1.71. The molecule has 2 heterocycles. The van der Waals surface area contributed by atoms with Crippen molar-refractivity contribution in [3.05, 3.63) is 24.3 Å². The molecule has 9 nitrogen and oxygen atoms in total. The van der Waals surface area contributed by atoms with Crippen molar-refractivity contribution < 1.29 is 29.3 Å². The molecule has 2 aliphatic heterocycles. The molecule has 0 bridgehead atoms. The minimum absolute atomic E-state index is 0.0664. The van der Waals surface area contributed by atoms with Crippen LogP contribution in [0.15, 0.2) is 24.3 Å². The summed E-state index contributed by atoms with van der Waals surface area (Å²) in [4.78, 5) is 37.2. The first-order valence-corrected chi connectivity index (χ1v) is 9.90. The van der Waals surface area contributed by atoms with Gasteiger partial charge >= 0.3 is 11.9 Å². The van der Waals surface area contributed by atoms with Gasteiger partial charge in [0, 0.05) is 0 Å². The third-order valence-electron chi connectivity index (χ3n) is 5.44. The van der Waals surface area contributed by atoms with Crippen LogP contribution in [0.2, 0.25) is 0 Å². The molecule has 0 unspecified atom stereocenters. The summed E-state index contributed by atoms with van der Waals surface area (Å²) >= 11 is 0. The zero-order chi connectivity index (χ0) is 20.8. The number of nitrogens with zero attached hydrogens (tertiary/aromatic N) is 1. The lowest BCUT2D eigenvalue weighted by molar-refractivity contribution is -0.141. The monoisotopic (exact) mass is 405 g/mol. The lowest BCUT2D eigenvalue weighted by Crippen LogP contribution is -2.54. The lowest BCUT2D eigenvalue weighted by Gasteiger charge is -2.27. The molecule has 3 rings (SSSR count). The number of para-hydroxylation sites is 2. The smallest absolute Gasteiger partial charge is 0.323 e. The first-order valence-electron chi connectivity index (χ1n) is 9.90. The summed E-state index contributed by atoms with van der Waals surface area (Å²) in [6.45, 7) is 1.29.